The Bertz CT molecular complexity index is 854. The first-order valence-corrected chi connectivity index (χ1v) is 10.1. The van der Waals surface area contributed by atoms with Gasteiger partial charge in [0.25, 0.3) is 0 Å². The van der Waals surface area contributed by atoms with E-state index < -0.39 is 0 Å². The van der Waals surface area contributed by atoms with Crippen LogP contribution in [0.25, 0.3) is 0 Å². The normalized spacial score (nSPS) is 12.1. The molecule has 0 fully saturated rings. The van der Waals surface area contributed by atoms with Crippen LogP contribution in [0.4, 0.5) is 0 Å². The fourth-order valence-electron chi connectivity index (χ4n) is 3.52. The Labute approximate surface area is 168 Å². The fraction of sp³-hybridized carbons (Fsp3) is 0.269. The van der Waals surface area contributed by atoms with Crippen LogP contribution in [0.2, 0.25) is 0 Å². The van der Waals surface area contributed by atoms with E-state index in [1.807, 2.05) is 24.3 Å². The molecule has 3 aromatic rings. The van der Waals surface area contributed by atoms with Gasteiger partial charge >= 0.3 is 0 Å². The van der Waals surface area contributed by atoms with Gasteiger partial charge < -0.3 is 5.32 Å². The number of ketones is 1. The molecule has 0 saturated carbocycles. The van der Waals surface area contributed by atoms with Crippen molar-refractivity contribution in [2.24, 2.45) is 5.92 Å². The Morgan fingerprint density at radius 2 is 1.36 bits per heavy atom. The van der Waals surface area contributed by atoms with Crippen LogP contribution in [-0.4, -0.2) is 12.3 Å². The number of nitrogens with one attached hydrogen (secondary N) is 1. The zero-order chi connectivity index (χ0) is 19.8. The average molecular weight is 372 g/mol. The molecule has 2 nitrogen and oxygen atoms in total. The highest BCUT2D eigenvalue weighted by Crippen LogP contribution is 2.21. The molecule has 0 heterocycles. The SMILES string of the molecule is CC(C)C(NCCC(=O)c1ccc(Cc2ccccc2)cc1)c1ccccc1. The van der Waals surface area contributed by atoms with E-state index in [1.54, 1.807) is 0 Å². The summed E-state index contributed by atoms with van der Waals surface area (Å²) in [7, 11) is 0. The van der Waals surface area contributed by atoms with Crippen molar-refractivity contribution in [2.45, 2.75) is 32.7 Å². The van der Waals surface area contributed by atoms with Gasteiger partial charge in [-0.15, -0.1) is 0 Å². The summed E-state index contributed by atoms with van der Waals surface area (Å²) in [5.41, 5.74) is 4.57. The summed E-state index contributed by atoms with van der Waals surface area (Å²) >= 11 is 0. The molecule has 0 aliphatic heterocycles. The number of rotatable bonds is 9. The first-order chi connectivity index (χ1) is 13.6. The summed E-state index contributed by atoms with van der Waals surface area (Å²) < 4.78 is 0. The van der Waals surface area contributed by atoms with Crippen LogP contribution in [0.1, 0.15) is 53.4 Å². The molecule has 0 radical (unpaired) electrons. The van der Waals surface area contributed by atoms with Crippen LogP contribution in [0.15, 0.2) is 84.9 Å². The number of hydrogen-bond donors (Lipinski definition) is 1. The van der Waals surface area contributed by atoms with E-state index in [-0.39, 0.29) is 11.8 Å². The van der Waals surface area contributed by atoms with E-state index in [0.717, 1.165) is 12.0 Å². The van der Waals surface area contributed by atoms with Gasteiger partial charge in [0, 0.05) is 24.6 Å². The van der Waals surface area contributed by atoms with Crippen LogP contribution in [0.5, 0.6) is 0 Å². The third-order valence-corrected chi connectivity index (χ3v) is 5.07. The van der Waals surface area contributed by atoms with Gasteiger partial charge in [0.15, 0.2) is 5.78 Å². The topological polar surface area (TPSA) is 29.1 Å². The van der Waals surface area contributed by atoms with E-state index >= 15 is 0 Å². The minimum Gasteiger partial charge on any atom is -0.309 e. The zero-order valence-corrected chi connectivity index (χ0v) is 16.8. The van der Waals surface area contributed by atoms with Crippen molar-refractivity contribution >= 4 is 5.78 Å². The Morgan fingerprint density at radius 1 is 0.786 bits per heavy atom. The van der Waals surface area contributed by atoms with E-state index in [1.165, 1.54) is 16.7 Å². The van der Waals surface area contributed by atoms with Crippen molar-refractivity contribution in [2.75, 3.05) is 6.54 Å². The quantitative estimate of drug-likeness (QED) is 0.479. The lowest BCUT2D eigenvalue weighted by Gasteiger charge is -2.23. The van der Waals surface area contributed by atoms with Crippen LogP contribution < -0.4 is 5.32 Å². The molecular formula is C26H29NO. The summed E-state index contributed by atoms with van der Waals surface area (Å²) in [6.45, 7) is 5.10. The molecule has 1 atom stereocenters. The second-order valence-electron chi connectivity index (χ2n) is 7.62. The monoisotopic (exact) mass is 371 g/mol. The van der Waals surface area contributed by atoms with Gasteiger partial charge in [0.05, 0.1) is 0 Å². The van der Waals surface area contributed by atoms with Crippen molar-refractivity contribution in [3.8, 4) is 0 Å². The third kappa shape index (κ3) is 5.64. The number of hydrogen-bond acceptors (Lipinski definition) is 2. The molecule has 0 spiro atoms. The average Bonchev–Trinajstić information content (AvgIpc) is 2.73. The highest BCUT2D eigenvalue weighted by Gasteiger charge is 2.15. The number of carbonyl (C=O) groups is 1. The second kappa shape index (κ2) is 10.0. The molecule has 1 N–H and O–H groups in total. The summed E-state index contributed by atoms with van der Waals surface area (Å²) in [5, 5.41) is 3.56. The van der Waals surface area contributed by atoms with Gasteiger partial charge in [-0.25, -0.2) is 0 Å². The van der Waals surface area contributed by atoms with Crippen LogP contribution in [-0.2, 0) is 6.42 Å². The predicted molar refractivity (Wildman–Crippen MR) is 117 cm³/mol. The summed E-state index contributed by atoms with van der Waals surface area (Å²) in [4.78, 5) is 12.6. The van der Waals surface area contributed by atoms with E-state index in [0.29, 0.717) is 18.9 Å². The van der Waals surface area contributed by atoms with Gasteiger partial charge in [-0.3, -0.25) is 4.79 Å². The molecule has 2 heteroatoms. The molecule has 3 aromatic carbocycles. The molecule has 0 aliphatic carbocycles. The number of benzene rings is 3. The lowest BCUT2D eigenvalue weighted by Crippen LogP contribution is -2.28. The fourth-order valence-corrected chi connectivity index (χ4v) is 3.52. The minimum atomic E-state index is 0.189. The summed E-state index contributed by atoms with van der Waals surface area (Å²) in [6, 6.07) is 29.2. The van der Waals surface area contributed by atoms with E-state index in [4.69, 9.17) is 0 Å². The zero-order valence-electron chi connectivity index (χ0n) is 16.8. The van der Waals surface area contributed by atoms with Crippen molar-refractivity contribution in [1.29, 1.82) is 0 Å². The Hall–Kier alpha value is -2.71. The van der Waals surface area contributed by atoms with Gasteiger partial charge in [0.2, 0.25) is 0 Å². The Balaban J connectivity index is 1.53. The van der Waals surface area contributed by atoms with Crippen LogP contribution in [0, 0.1) is 5.92 Å². The van der Waals surface area contributed by atoms with Gasteiger partial charge in [0.1, 0.15) is 0 Å². The first kappa shape index (κ1) is 20.0. The molecule has 0 amide bonds. The third-order valence-electron chi connectivity index (χ3n) is 5.07. The van der Waals surface area contributed by atoms with Crippen molar-refractivity contribution in [1.82, 2.24) is 5.32 Å². The van der Waals surface area contributed by atoms with Crippen LogP contribution in [0.3, 0.4) is 0 Å². The Morgan fingerprint density at radius 3 is 1.96 bits per heavy atom. The maximum atomic E-state index is 12.6. The Kier molecular flexibility index (Phi) is 7.16. The second-order valence-corrected chi connectivity index (χ2v) is 7.62. The maximum Gasteiger partial charge on any atom is 0.164 e. The predicted octanol–water partition coefficient (Wildman–Crippen LogP) is 5.84. The molecule has 3 rings (SSSR count). The van der Waals surface area contributed by atoms with E-state index in [2.05, 4.69) is 79.8 Å². The molecule has 0 bridgehead atoms. The standard InChI is InChI=1S/C26H29NO/c1-20(2)26(24-11-7-4-8-12-24)27-18-17-25(28)23-15-13-22(14-16-23)19-21-9-5-3-6-10-21/h3-16,20,26-27H,17-19H2,1-2H3. The first-order valence-electron chi connectivity index (χ1n) is 10.1. The highest BCUT2D eigenvalue weighted by atomic mass is 16.1. The molecule has 28 heavy (non-hydrogen) atoms. The summed E-state index contributed by atoms with van der Waals surface area (Å²) in [5.74, 6) is 0.657. The largest absolute Gasteiger partial charge is 0.309 e. The molecule has 1 unspecified atom stereocenters. The molecule has 144 valence electrons. The van der Waals surface area contributed by atoms with Crippen LogP contribution >= 0.6 is 0 Å². The van der Waals surface area contributed by atoms with Crippen molar-refractivity contribution in [3.63, 3.8) is 0 Å². The van der Waals surface area contributed by atoms with Crippen molar-refractivity contribution in [3.05, 3.63) is 107 Å². The maximum absolute atomic E-state index is 12.6. The molecule has 0 aliphatic rings. The molecule has 0 aromatic heterocycles. The van der Waals surface area contributed by atoms with Gasteiger partial charge in [-0.1, -0.05) is 98.8 Å². The lowest BCUT2D eigenvalue weighted by atomic mass is 9.95. The number of carbonyl (C=O) groups excluding carboxylic acids is 1. The summed E-state index contributed by atoms with van der Waals surface area (Å²) in [6.07, 6.45) is 1.40. The van der Waals surface area contributed by atoms with Crippen molar-refractivity contribution < 1.29 is 4.79 Å². The van der Waals surface area contributed by atoms with Gasteiger partial charge in [-0.05, 0) is 29.0 Å². The molecular weight excluding hydrogens is 342 g/mol. The van der Waals surface area contributed by atoms with Gasteiger partial charge in [-0.2, -0.15) is 0 Å². The number of Topliss-reactive ketones (excluding diaryl/α,β-unsaturated/α-hetero) is 1. The smallest absolute Gasteiger partial charge is 0.164 e. The highest BCUT2D eigenvalue weighted by molar-refractivity contribution is 5.96. The lowest BCUT2D eigenvalue weighted by molar-refractivity contribution is 0.0980. The molecule has 0 saturated heterocycles. The minimum absolute atomic E-state index is 0.189. The van der Waals surface area contributed by atoms with E-state index in [9.17, 15) is 4.79 Å².